The zero-order valence-electron chi connectivity index (χ0n) is 5.56. The average Bonchev–Trinajstić information content (AvgIpc) is 1.83. The van der Waals surface area contributed by atoms with E-state index in [0.29, 0.717) is 5.76 Å². The van der Waals surface area contributed by atoms with Gasteiger partial charge < -0.3 is 5.11 Å². The molecule has 1 N–H and O–H groups in total. The van der Waals surface area contributed by atoms with Crippen molar-refractivity contribution >= 4 is 31.9 Å². The molecule has 0 bridgehead atoms. The van der Waals surface area contributed by atoms with E-state index in [4.69, 9.17) is 0 Å². The first-order valence-corrected chi connectivity index (χ1v) is 4.57. The van der Waals surface area contributed by atoms with Crippen molar-refractivity contribution in [1.82, 2.24) is 0 Å². The molecule has 10 heavy (non-hydrogen) atoms. The zero-order valence-corrected chi connectivity index (χ0v) is 8.74. The number of aliphatic hydroxyl groups excluding tert-OH is 1. The van der Waals surface area contributed by atoms with Gasteiger partial charge in [0.15, 0.2) is 0 Å². The second-order valence-electron chi connectivity index (χ2n) is 2.50. The van der Waals surface area contributed by atoms with E-state index < -0.39 is 0 Å². The summed E-state index contributed by atoms with van der Waals surface area (Å²) in [5.74, 6) is 0.370. The molecule has 0 amide bonds. The molecule has 1 unspecified atom stereocenters. The summed E-state index contributed by atoms with van der Waals surface area (Å²) < 4.78 is 0.485. The summed E-state index contributed by atoms with van der Waals surface area (Å²) in [6, 6.07) is 0. The van der Waals surface area contributed by atoms with Crippen molar-refractivity contribution in [1.29, 1.82) is 0 Å². The van der Waals surface area contributed by atoms with Crippen LogP contribution in [0, 0.1) is 0 Å². The van der Waals surface area contributed by atoms with Crippen LogP contribution in [0.4, 0.5) is 0 Å². The van der Waals surface area contributed by atoms with E-state index in [1.165, 1.54) is 0 Å². The summed E-state index contributed by atoms with van der Waals surface area (Å²) in [5.41, 5.74) is 0. The molecule has 1 atom stereocenters. The predicted molar refractivity (Wildman–Crippen MR) is 49.7 cm³/mol. The Morgan fingerprint density at radius 3 is 2.70 bits per heavy atom. The molecule has 3 heteroatoms. The van der Waals surface area contributed by atoms with Gasteiger partial charge in [0, 0.05) is 0 Å². The highest BCUT2D eigenvalue weighted by Crippen LogP contribution is 2.36. The molecule has 0 radical (unpaired) electrons. The van der Waals surface area contributed by atoms with Crippen molar-refractivity contribution in [2.45, 2.75) is 17.7 Å². The van der Waals surface area contributed by atoms with Crippen LogP contribution in [0.5, 0.6) is 0 Å². The van der Waals surface area contributed by atoms with E-state index in [9.17, 15) is 5.11 Å². The predicted octanol–water partition coefficient (Wildman–Crippen LogP) is 3.26. The van der Waals surface area contributed by atoms with Crippen LogP contribution in [0.1, 0.15) is 13.3 Å². The van der Waals surface area contributed by atoms with E-state index in [1.807, 2.05) is 19.1 Å². The van der Waals surface area contributed by atoms with Gasteiger partial charge in [0.2, 0.25) is 0 Å². The Kier molecular flexibility index (Phi) is 2.25. The van der Waals surface area contributed by atoms with Crippen molar-refractivity contribution in [3.63, 3.8) is 0 Å². The minimum absolute atomic E-state index is 0.277. The van der Waals surface area contributed by atoms with Gasteiger partial charge in [-0.3, -0.25) is 0 Å². The Morgan fingerprint density at radius 1 is 1.70 bits per heavy atom. The van der Waals surface area contributed by atoms with Gasteiger partial charge in [0.05, 0.1) is 8.81 Å². The van der Waals surface area contributed by atoms with Crippen molar-refractivity contribution in [2.24, 2.45) is 0 Å². The van der Waals surface area contributed by atoms with E-state index >= 15 is 0 Å². The van der Waals surface area contributed by atoms with Gasteiger partial charge in [-0.25, -0.2) is 0 Å². The van der Waals surface area contributed by atoms with Crippen LogP contribution in [-0.2, 0) is 0 Å². The van der Waals surface area contributed by atoms with Gasteiger partial charge in [-0.2, -0.15) is 0 Å². The summed E-state index contributed by atoms with van der Waals surface area (Å²) in [4.78, 5) is 0. The number of allylic oxidation sites excluding steroid dienone is 4. The largest absolute Gasteiger partial charge is 0.510 e. The Labute approximate surface area is 77.1 Å². The molecule has 0 aliphatic heterocycles. The average molecular weight is 268 g/mol. The maximum Gasteiger partial charge on any atom is 0.123 e. The van der Waals surface area contributed by atoms with Gasteiger partial charge in [-0.05, 0) is 35.4 Å². The number of halogens is 2. The Morgan fingerprint density at radius 2 is 2.30 bits per heavy atom. The van der Waals surface area contributed by atoms with E-state index in [0.717, 1.165) is 10.9 Å². The zero-order chi connectivity index (χ0) is 7.78. The lowest BCUT2D eigenvalue weighted by Crippen LogP contribution is -2.20. The maximum absolute atomic E-state index is 9.44. The second kappa shape index (κ2) is 2.70. The second-order valence-corrected chi connectivity index (χ2v) is 5.11. The van der Waals surface area contributed by atoms with Crippen molar-refractivity contribution in [3.05, 3.63) is 22.4 Å². The SMILES string of the molecule is CC1(Br)CC=CC(Br)=C1O. The molecule has 0 fully saturated rings. The van der Waals surface area contributed by atoms with E-state index in [-0.39, 0.29) is 4.32 Å². The van der Waals surface area contributed by atoms with Gasteiger partial charge in [-0.1, -0.05) is 22.0 Å². The lowest BCUT2D eigenvalue weighted by molar-refractivity contribution is 0.358. The standard InChI is InChI=1S/C7H8Br2O/c1-7(9)4-2-3-5(8)6(7)10/h2-3,10H,4H2,1H3. The monoisotopic (exact) mass is 266 g/mol. The minimum Gasteiger partial charge on any atom is -0.510 e. The third kappa shape index (κ3) is 1.45. The first-order chi connectivity index (χ1) is 4.54. The van der Waals surface area contributed by atoms with Crippen LogP contribution < -0.4 is 0 Å². The van der Waals surface area contributed by atoms with E-state index in [2.05, 4.69) is 31.9 Å². The maximum atomic E-state index is 9.44. The summed E-state index contributed by atoms with van der Waals surface area (Å²) in [6.45, 7) is 1.94. The van der Waals surface area contributed by atoms with Gasteiger partial charge in [-0.15, -0.1) is 0 Å². The quantitative estimate of drug-likeness (QED) is 0.668. The number of rotatable bonds is 0. The molecule has 0 saturated carbocycles. The van der Waals surface area contributed by atoms with Crippen LogP contribution in [0.3, 0.4) is 0 Å². The fraction of sp³-hybridized carbons (Fsp3) is 0.429. The normalized spacial score (nSPS) is 33.1. The van der Waals surface area contributed by atoms with Crippen LogP contribution in [-0.4, -0.2) is 9.43 Å². The molecule has 56 valence electrons. The molecular weight excluding hydrogens is 260 g/mol. The fourth-order valence-electron chi connectivity index (χ4n) is 0.808. The first-order valence-electron chi connectivity index (χ1n) is 2.99. The smallest absolute Gasteiger partial charge is 0.123 e. The minimum atomic E-state index is -0.277. The number of hydrogen-bond acceptors (Lipinski definition) is 1. The highest BCUT2D eigenvalue weighted by atomic mass is 79.9. The van der Waals surface area contributed by atoms with Crippen molar-refractivity contribution < 1.29 is 5.11 Å². The molecule has 1 rings (SSSR count). The van der Waals surface area contributed by atoms with Crippen LogP contribution >= 0.6 is 31.9 Å². The van der Waals surface area contributed by atoms with Crippen molar-refractivity contribution in [3.8, 4) is 0 Å². The summed E-state index contributed by atoms with van der Waals surface area (Å²) >= 11 is 6.65. The lowest BCUT2D eigenvalue weighted by atomic mass is 10.0. The molecule has 0 aromatic heterocycles. The summed E-state index contributed by atoms with van der Waals surface area (Å²) in [6.07, 6.45) is 4.70. The molecule has 1 nitrogen and oxygen atoms in total. The molecule has 0 spiro atoms. The molecule has 0 saturated heterocycles. The Hall–Kier alpha value is 0.240. The van der Waals surface area contributed by atoms with Crippen molar-refractivity contribution in [2.75, 3.05) is 0 Å². The number of hydrogen-bond donors (Lipinski definition) is 1. The molecule has 0 aromatic carbocycles. The van der Waals surface area contributed by atoms with Crippen LogP contribution in [0.2, 0.25) is 0 Å². The third-order valence-corrected chi connectivity index (χ3v) is 2.82. The first kappa shape index (κ1) is 8.34. The molecule has 1 aliphatic carbocycles. The summed E-state index contributed by atoms with van der Waals surface area (Å²) in [5, 5.41) is 9.44. The molecule has 1 aliphatic rings. The lowest BCUT2D eigenvalue weighted by Gasteiger charge is -2.23. The van der Waals surface area contributed by atoms with Crippen LogP contribution in [0.15, 0.2) is 22.4 Å². The number of alkyl halides is 1. The van der Waals surface area contributed by atoms with Gasteiger partial charge in [0.25, 0.3) is 0 Å². The van der Waals surface area contributed by atoms with Crippen LogP contribution in [0.25, 0.3) is 0 Å². The molecule has 0 heterocycles. The highest BCUT2D eigenvalue weighted by molar-refractivity contribution is 9.12. The summed E-state index contributed by atoms with van der Waals surface area (Å²) in [7, 11) is 0. The van der Waals surface area contributed by atoms with Gasteiger partial charge in [0.1, 0.15) is 5.76 Å². The molecular formula is C7H8Br2O. The highest BCUT2D eigenvalue weighted by Gasteiger charge is 2.28. The van der Waals surface area contributed by atoms with Gasteiger partial charge >= 0.3 is 0 Å². The Bertz CT molecular complexity index is 204. The Balaban J connectivity index is 2.99. The topological polar surface area (TPSA) is 20.2 Å². The van der Waals surface area contributed by atoms with E-state index in [1.54, 1.807) is 0 Å². The third-order valence-electron chi connectivity index (χ3n) is 1.49. The molecule has 0 aromatic rings. The fourth-order valence-corrected chi connectivity index (χ4v) is 2.10. The number of aliphatic hydroxyl groups is 1.